The highest BCUT2D eigenvalue weighted by Crippen LogP contribution is 2.39. The summed E-state index contributed by atoms with van der Waals surface area (Å²) < 4.78 is 8.56. The Kier molecular flexibility index (Phi) is 4.56. The number of pyridine rings is 1. The molecule has 0 amide bonds. The molecule has 4 rings (SSSR count). The molecule has 2 saturated heterocycles. The highest BCUT2D eigenvalue weighted by molar-refractivity contribution is 5.39. The third-order valence-electron chi connectivity index (χ3n) is 5.82. The molecule has 2 aliphatic rings. The maximum Gasteiger partial charge on any atom is 0.137 e. The molecule has 0 aromatic carbocycles. The Labute approximate surface area is 149 Å². The van der Waals surface area contributed by atoms with Crippen LogP contribution in [0.2, 0.25) is 0 Å². The van der Waals surface area contributed by atoms with Crippen molar-refractivity contribution in [1.29, 1.82) is 0 Å². The molecule has 1 spiro atoms. The summed E-state index contributed by atoms with van der Waals surface area (Å²) in [5.41, 5.74) is 2.00. The van der Waals surface area contributed by atoms with Gasteiger partial charge in [-0.3, -0.25) is 4.90 Å². The smallest absolute Gasteiger partial charge is 0.137 e. The van der Waals surface area contributed by atoms with Crippen LogP contribution >= 0.6 is 0 Å². The van der Waals surface area contributed by atoms with Crippen LogP contribution in [0.15, 0.2) is 30.6 Å². The minimum absolute atomic E-state index is 0.123. The Bertz CT molecular complexity index is 686. The first-order valence-electron chi connectivity index (χ1n) is 9.54. The summed E-state index contributed by atoms with van der Waals surface area (Å²) in [6.07, 6.45) is 7.71. The molecule has 4 heterocycles. The second-order valence-electron chi connectivity index (χ2n) is 8.15. The summed E-state index contributed by atoms with van der Waals surface area (Å²) in [6.45, 7) is 7.27. The van der Waals surface area contributed by atoms with Gasteiger partial charge in [0.2, 0.25) is 0 Å². The van der Waals surface area contributed by atoms with Crippen LogP contribution in [0.1, 0.15) is 45.2 Å². The van der Waals surface area contributed by atoms with E-state index in [1.807, 2.05) is 24.4 Å². The third kappa shape index (κ3) is 3.59. The van der Waals surface area contributed by atoms with E-state index in [-0.39, 0.29) is 17.8 Å². The van der Waals surface area contributed by atoms with E-state index < -0.39 is 0 Å². The first kappa shape index (κ1) is 17.0. The predicted molar refractivity (Wildman–Crippen MR) is 97.4 cm³/mol. The summed E-state index contributed by atoms with van der Waals surface area (Å²) in [4.78, 5) is 7.17. The molecule has 0 saturated carbocycles. The van der Waals surface area contributed by atoms with Gasteiger partial charge in [-0.1, -0.05) is 19.9 Å². The summed E-state index contributed by atoms with van der Waals surface area (Å²) >= 11 is 0. The SMILES string of the molecule is CC(C)[C@H]1C[C@@H](O)CC2(CCN(Cc3cn4ccccc4n3)CC2)O1. The van der Waals surface area contributed by atoms with E-state index >= 15 is 0 Å². The van der Waals surface area contributed by atoms with Crippen LogP contribution < -0.4 is 0 Å². The summed E-state index contributed by atoms with van der Waals surface area (Å²) in [7, 11) is 0. The number of fused-ring (bicyclic) bond motifs is 1. The molecule has 0 aliphatic carbocycles. The van der Waals surface area contributed by atoms with Crippen molar-refractivity contribution in [2.75, 3.05) is 13.1 Å². The minimum Gasteiger partial charge on any atom is -0.393 e. The highest BCUT2D eigenvalue weighted by atomic mass is 16.5. The van der Waals surface area contributed by atoms with E-state index in [1.165, 1.54) is 0 Å². The molecule has 5 nitrogen and oxygen atoms in total. The fourth-order valence-corrected chi connectivity index (χ4v) is 4.34. The molecular weight excluding hydrogens is 314 g/mol. The van der Waals surface area contributed by atoms with E-state index in [0.717, 1.165) is 56.7 Å². The molecule has 2 aliphatic heterocycles. The first-order valence-corrected chi connectivity index (χ1v) is 9.54. The molecular formula is C20H29N3O2. The van der Waals surface area contributed by atoms with Gasteiger partial charge in [0.25, 0.3) is 0 Å². The van der Waals surface area contributed by atoms with Crippen LogP contribution in [-0.4, -0.2) is 50.3 Å². The largest absolute Gasteiger partial charge is 0.393 e. The average Bonchev–Trinajstić information content (AvgIpc) is 2.99. The van der Waals surface area contributed by atoms with Gasteiger partial charge < -0.3 is 14.2 Å². The van der Waals surface area contributed by atoms with Crippen molar-refractivity contribution in [3.63, 3.8) is 0 Å². The Balaban J connectivity index is 1.39. The maximum absolute atomic E-state index is 10.3. The van der Waals surface area contributed by atoms with Gasteiger partial charge in [0, 0.05) is 38.4 Å². The van der Waals surface area contributed by atoms with Crippen LogP contribution in [0.5, 0.6) is 0 Å². The number of aliphatic hydroxyl groups is 1. The fraction of sp³-hybridized carbons (Fsp3) is 0.650. The number of likely N-dealkylation sites (tertiary alicyclic amines) is 1. The summed E-state index contributed by atoms with van der Waals surface area (Å²) in [6, 6.07) is 6.09. The number of ether oxygens (including phenoxy) is 1. The van der Waals surface area contributed by atoms with Crippen LogP contribution in [0.3, 0.4) is 0 Å². The average molecular weight is 343 g/mol. The Morgan fingerprint density at radius 3 is 2.84 bits per heavy atom. The molecule has 0 radical (unpaired) electrons. The molecule has 25 heavy (non-hydrogen) atoms. The second kappa shape index (κ2) is 6.71. The molecule has 2 atom stereocenters. The molecule has 2 fully saturated rings. The Morgan fingerprint density at radius 2 is 2.12 bits per heavy atom. The maximum atomic E-state index is 10.3. The summed E-state index contributed by atoms with van der Waals surface area (Å²) in [5.74, 6) is 0.461. The lowest BCUT2D eigenvalue weighted by atomic mass is 9.80. The van der Waals surface area contributed by atoms with Gasteiger partial charge in [0.15, 0.2) is 0 Å². The first-order chi connectivity index (χ1) is 12.0. The van der Waals surface area contributed by atoms with Crippen molar-refractivity contribution >= 4 is 5.65 Å². The quantitative estimate of drug-likeness (QED) is 0.931. The number of aliphatic hydroxyl groups excluding tert-OH is 1. The van der Waals surface area contributed by atoms with Crippen molar-refractivity contribution < 1.29 is 9.84 Å². The number of piperidine rings is 1. The van der Waals surface area contributed by atoms with Crippen LogP contribution in [0, 0.1) is 5.92 Å². The van der Waals surface area contributed by atoms with Gasteiger partial charge in [0.05, 0.1) is 23.5 Å². The third-order valence-corrected chi connectivity index (χ3v) is 5.82. The lowest BCUT2D eigenvalue weighted by molar-refractivity contribution is -0.193. The van der Waals surface area contributed by atoms with E-state index in [1.54, 1.807) is 0 Å². The van der Waals surface area contributed by atoms with Gasteiger partial charge in [-0.05, 0) is 37.3 Å². The van der Waals surface area contributed by atoms with Gasteiger partial charge in [-0.15, -0.1) is 0 Å². The van der Waals surface area contributed by atoms with Gasteiger partial charge in [-0.25, -0.2) is 4.98 Å². The zero-order valence-corrected chi connectivity index (χ0v) is 15.3. The number of aromatic nitrogens is 2. The zero-order chi connectivity index (χ0) is 17.4. The van der Waals surface area contributed by atoms with E-state index in [9.17, 15) is 5.11 Å². The van der Waals surface area contributed by atoms with Crippen LogP contribution in [-0.2, 0) is 11.3 Å². The molecule has 5 heteroatoms. The molecule has 1 N–H and O–H groups in total. The lowest BCUT2D eigenvalue weighted by Gasteiger charge is -2.48. The van der Waals surface area contributed by atoms with Gasteiger partial charge in [0.1, 0.15) is 5.65 Å². The van der Waals surface area contributed by atoms with E-state index in [4.69, 9.17) is 9.72 Å². The van der Waals surface area contributed by atoms with Crippen LogP contribution in [0.4, 0.5) is 0 Å². The second-order valence-corrected chi connectivity index (χ2v) is 8.15. The van der Waals surface area contributed by atoms with Gasteiger partial charge >= 0.3 is 0 Å². The van der Waals surface area contributed by atoms with E-state index in [2.05, 4.69) is 29.3 Å². The predicted octanol–water partition coefficient (Wildman–Crippen LogP) is 2.86. The lowest BCUT2D eigenvalue weighted by Crippen LogP contribution is -2.53. The molecule has 0 unspecified atom stereocenters. The summed E-state index contributed by atoms with van der Waals surface area (Å²) in [5, 5.41) is 10.3. The standard InChI is InChI=1S/C20H29N3O2/c1-15(2)18-11-17(24)12-20(25-18)6-9-22(10-7-20)13-16-14-23-8-4-3-5-19(23)21-16/h3-5,8,14-15,17-18,24H,6-7,9-13H2,1-2H3/t17-,18-/m1/s1. The van der Waals surface area contributed by atoms with Crippen molar-refractivity contribution in [1.82, 2.24) is 14.3 Å². The zero-order valence-electron chi connectivity index (χ0n) is 15.3. The number of hydrogen-bond donors (Lipinski definition) is 1. The molecule has 0 bridgehead atoms. The Morgan fingerprint density at radius 1 is 1.32 bits per heavy atom. The number of nitrogens with zero attached hydrogens (tertiary/aromatic N) is 3. The van der Waals surface area contributed by atoms with Gasteiger partial charge in [-0.2, -0.15) is 0 Å². The molecule has 2 aromatic heterocycles. The normalized spacial score (nSPS) is 27.4. The molecule has 136 valence electrons. The highest BCUT2D eigenvalue weighted by Gasteiger charge is 2.43. The van der Waals surface area contributed by atoms with Crippen molar-refractivity contribution in [3.05, 3.63) is 36.3 Å². The number of rotatable bonds is 3. The fourth-order valence-electron chi connectivity index (χ4n) is 4.34. The Hall–Kier alpha value is -1.43. The topological polar surface area (TPSA) is 50.0 Å². The number of imidazole rings is 1. The van der Waals surface area contributed by atoms with E-state index in [0.29, 0.717) is 5.92 Å². The van der Waals surface area contributed by atoms with Crippen molar-refractivity contribution in [3.8, 4) is 0 Å². The monoisotopic (exact) mass is 343 g/mol. The minimum atomic E-state index is -0.217. The molecule has 2 aromatic rings. The van der Waals surface area contributed by atoms with Crippen LogP contribution in [0.25, 0.3) is 5.65 Å². The van der Waals surface area contributed by atoms with Crippen molar-refractivity contribution in [2.45, 2.75) is 63.9 Å². The number of hydrogen-bond acceptors (Lipinski definition) is 4. The van der Waals surface area contributed by atoms with Crippen molar-refractivity contribution in [2.24, 2.45) is 5.92 Å².